The molecule has 2 rings (SSSR count). The summed E-state index contributed by atoms with van der Waals surface area (Å²) in [5, 5.41) is 14.3. The van der Waals surface area contributed by atoms with Gasteiger partial charge in [0.25, 0.3) is 5.69 Å². The van der Waals surface area contributed by atoms with Crippen LogP contribution in [0.4, 0.5) is 5.69 Å². The maximum atomic E-state index is 13.3. The van der Waals surface area contributed by atoms with E-state index in [-0.39, 0.29) is 30.5 Å². The van der Waals surface area contributed by atoms with Gasteiger partial charge in [-0.2, -0.15) is 0 Å². The first kappa shape index (κ1) is 24.1. The van der Waals surface area contributed by atoms with Crippen molar-refractivity contribution in [1.29, 1.82) is 0 Å². The van der Waals surface area contributed by atoms with Crippen LogP contribution in [0.3, 0.4) is 0 Å². The van der Waals surface area contributed by atoms with Crippen LogP contribution in [-0.4, -0.2) is 34.2 Å². The predicted octanol–water partition coefficient (Wildman–Crippen LogP) is 4.17. The lowest BCUT2D eigenvalue weighted by Gasteiger charge is -2.31. The zero-order valence-corrected chi connectivity index (χ0v) is 18.5. The predicted molar refractivity (Wildman–Crippen MR) is 121 cm³/mol. The van der Waals surface area contributed by atoms with Crippen LogP contribution in [0.5, 0.6) is 0 Å². The number of hydrogen-bond acceptors (Lipinski definition) is 4. The molecule has 2 aromatic rings. The van der Waals surface area contributed by atoms with Crippen molar-refractivity contribution in [2.75, 3.05) is 6.54 Å². The van der Waals surface area contributed by atoms with Crippen molar-refractivity contribution in [2.45, 2.75) is 59.0 Å². The van der Waals surface area contributed by atoms with E-state index in [0.29, 0.717) is 18.5 Å². The van der Waals surface area contributed by atoms with E-state index in [1.165, 1.54) is 6.07 Å². The van der Waals surface area contributed by atoms with Gasteiger partial charge in [0.1, 0.15) is 6.04 Å². The summed E-state index contributed by atoms with van der Waals surface area (Å²) in [6, 6.07) is 13.4. The minimum Gasteiger partial charge on any atom is -0.354 e. The fourth-order valence-corrected chi connectivity index (χ4v) is 3.54. The molecule has 0 aliphatic rings. The molecule has 0 saturated heterocycles. The fourth-order valence-electron chi connectivity index (χ4n) is 3.54. The zero-order chi connectivity index (χ0) is 22.8. The minimum atomic E-state index is -0.646. The van der Waals surface area contributed by atoms with E-state index in [2.05, 4.69) is 5.32 Å². The number of carbonyl (C=O) groups excluding carboxylic acids is 2. The van der Waals surface area contributed by atoms with Crippen LogP contribution in [-0.2, 0) is 22.6 Å². The first-order chi connectivity index (χ1) is 14.9. The van der Waals surface area contributed by atoms with E-state index in [1.54, 1.807) is 23.1 Å². The van der Waals surface area contributed by atoms with Gasteiger partial charge in [0, 0.05) is 24.7 Å². The lowest BCUT2D eigenvalue weighted by molar-refractivity contribution is -0.385. The molecule has 7 heteroatoms. The summed E-state index contributed by atoms with van der Waals surface area (Å²) in [6.07, 6.45) is 2.14. The van der Waals surface area contributed by atoms with Crippen molar-refractivity contribution in [2.24, 2.45) is 0 Å². The highest BCUT2D eigenvalue weighted by atomic mass is 16.6. The molecule has 2 aromatic carbocycles. The average Bonchev–Trinajstić information content (AvgIpc) is 2.74. The third-order valence-electron chi connectivity index (χ3n) is 5.18. The van der Waals surface area contributed by atoms with Crippen molar-refractivity contribution < 1.29 is 14.5 Å². The number of benzene rings is 2. The Bertz CT molecular complexity index is 913. The van der Waals surface area contributed by atoms with Gasteiger partial charge in [0.2, 0.25) is 11.8 Å². The Morgan fingerprint density at radius 1 is 1.13 bits per heavy atom. The molecule has 0 saturated carbocycles. The van der Waals surface area contributed by atoms with E-state index in [9.17, 15) is 19.7 Å². The normalized spacial score (nSPS) is 11.6. The molecule has 0 aliphatic carbocycles. The van der Waals surface area contributed by atoms with Crippen molar-refractivity contribution in [3.8, 4) is 0 Å². The number of hydrogen-bond donors (Lipinski definition) is 1. The summed E-state index contributed by atoms with van der Waals surface area (Å²) in [5.74, 6) is -0.507. The maximum Gasteiger partial charge on any atom is 0.273 e. The van der Waals surface area contributed by atoms with Crippen molar-refractivity contribution in [3.05, 3.63) is 75.3 Å². The second-order valence-electron chi connectivity index (χ2n) is 7.64. The topological polar surface area (TPSA) is 92.6 Å². The molecule has 7 nitrogen and oxygen atoms in total. The van der Waals surface area contributed by atoms with E-state index in [4.69, 9.17) is 0 Å². The molecule has 0 fully saturated rings. The summed E-state index contributed by atoms with van der Waals surface area (Å²) in [7, 11) is 0. The van der Waals surface area contributed by atoms with Gasteiger partial charge in [-0.05, 0) is 25.3 Å². The lowest BCUT2D eigenvalue weighted by Crippen LogP contribution is -2.49. The second-order valence-corrected chi connectivity index (χ2v) is 7.64. The summed E-state index contributed by atoms with van der Waals surface area (Å²) in [6.45, 7) is 6.70. The van der Waals surface area contributed by atoms with Crippen LogP contribution in [0.2, 0.25) is 0 Å². The number of nitrogens with zero attached hydrogens (tertiary/aromatic N) is 2. The first-order valence-electron chi connectivity index (χ1n) is 10.7. The van der Waals surface area contributed by atoms with Gasteiger partial charge >= 0.3 is 0 Å². The quantitative estimate of drug-likeness (QED) is 0.332. The Morgan fingerprint density at radius 2 is 1.87 bits per heavy atom. The third kappa shape index (κ3) is 6.91. The summed E-state index contributed by atoms with van der Waals surface area (Å²) in [4.78, 5) is 38.6. The van der Waals surface area contributed by atoms with E-state index >= 15 is 0 Å². The fraction of sp³-hybridized carbons (Fsp3) is 0.417. The molecule has 1 N–H and O–H groups in total. The molecule has 0 aromatic heterocycles. The summed E-state index contributed by atoms with van der Waals surface area (Å²) in [5.41, 5.74) is 2.22. The van der Waals surface area contributed by atoms with Crippen molar-refractivity contribution >= 4 is 17.5 Å². The molecule has 0 aliphatic heterocycles. The molecule has 0 bridgehead atoms. The number of para-hydroxylation sites is 1. The van der Waals surface area contributed by atoms with Crippen molar-refractivity contribution in [3.63, 3.8) is 0 Å². The molecule has 0 spiro atoms. The number of unbranched alkanes of at least 4 members (excludes halogenated alkanes) is 1. The largest absolute Gasteiger partial charge is 0.354 e. The van der Waals surface area contributed by atoms with Crippen LogP contribution in [0.1, 0.15) is 49.8 Å². The number of nitro groups is 1. The number of aryl methyl sites for hydroxylation is 1. The Morgan fingerprint density at radius 3 is 2.52 bits per heavy atom. The standard InChI is InChI=1S/C24H31N3O4/c1-4-6-14-25-24(29)21(5-2)26(17-19-11-9-10-18(3)15-19)23(28)16-20-12-7-8-13-22(20)27(30)31/h7-13,15,21H,4-6,14,16-17H2,1-3H3,(H,25,29). The van der Waals surface area contributed by atoms with Crippen LogP contribution in [0.25, 0.3) is 0 Å². The SMILES string of the molecule is CCCCNC(=O)C(CC)N(Cc1cccc(C)c1)C(=O)Cc1ccccc1[N+](=O)[O-]. The van der Waals surface area contributed by atoms with E-state index in [0.717, 1.165) is 24.0 Å². The number of amides is 2. The van der Waals surface area contributed by atoms with Crippen LogP contribution in [0, 0.1) is 17.0 Å². The van der Waals surface area contributed by atoms with Gasteiger partial charge in [-0.15, -0.1) is 0 Å². The van der Waals surface area contributed by atoms with Gasteiger partial charge in [-0.25, -0.2) is 0 Å². The van der Waals surface area contributed by atoms with Crippen LogP contribution < -0.4 is 5.32 Å². The average molecular weight is 426 g/mol. The van der Waals surface area contributed by atoms with Crippen molar-refractivity contribution in [1.82, 2.24) is 10.2 Å². The number of rotatable bonds is 11. The highest BCUT2D eigenvalue weighted by Gasteiger charge is 2.29. The number of nitro benzene ring substituents is 1. The Labute approximate surface area is 183 Å². The lowest BCUT2D eigenvalue weighted by atomic mass is 10.0. The number of nitrogens with one attached hydrogen (secondary N) is 1. The maximum absolute atomic E-state index is 13.3. The van der Waals surface area contributed by atoms with Gasteiger partial charge in [-0.1, -0.05) is 68.3 Å². The smallest absolute Gasteiger partial charge is 0.273 e. The summed E-state index contributed by atoms with van der Waals surface area (Å²) < 4.78 is 0. The van der Waals surface area contributed by atoms with Gasteiger partial charge < -0.3 is 10.2 Å². The molecule has 0 heterocycles. The molecule has 2 amide bonds. The van der Waals surface area contributed by atoms with E-state index in [1.807, 2.05) is 45.0 Å². The first-order valence-corrected chi connectivity index (χ1v) is 10.7. The highest BCUT2D eigenvalue weighted by molar-refractivity contribution is 5.88. The van der Waals surface area contributed by atoms with Crippen LogP contribution >= 0.6 is 0 Å². The van der Waals surface area contributed by atoms with Gasteiger partial charge in [0.15, 0.2) is 0 Å². The molecular formula is C24H31N3O4. The number of carbonyl (C=O) groups is 2. The highest BCUT2D eigenvalue weighted by Crippen LogP contribution is 2.21. The van der Waals surface area contributed by atoms with Gasteiger partial charge in [0.05, 0.1) is 11.3 Å². The third-order valence-corrected chi connectivity index (χ3v) is 5.18. The molecule has 1 atom stereocenters. The molecule has 0 radical (unpaired) electrons. The second kappa shape index (κ2) is 11.8. The monoisotopic (exact) mass is 425 g/mol. The van der Waals surface area contributed by atoms with Crippen LogP contribution in [0.15, 0.2) is 48.5 Å². The minimum absolute atomic E-state index is 0.0909. The molecule has 166 valence electrons. The Kier molecular flexibility index (Phi) is 9.18. The molecule has 1 unspecified atom stereocenters. The Balaban J connectivity index is 2.32. The molecule has 31 heavy (non-hydrogen) atoms. The molecular weight excluding hydrogens is 394 g/mol. The van der Waals surface area contributed by atoms with Gasteiger partial charge in [-0.3, -0.25) is 19.7 Å². The van der Waals surface area contributed by atoms with E-state index < -0.39 is 11.0 Å². The summed E-state index contributed by atoms with van der Waals surface area (Å²) >= 11 is 0. The Hall–Kier alpha value is -3.22. The zero-order valence-electron chi connectivity index (χ0n) is 18.5.